The van der Waals surface area contributed by atoms with Crippen LogP contribution in [0.5, 0.6) is 0 Å². The molecule has 0 radical (unpaired) electrons. The molecule has 2 heterocycles. The van der Waals surface area contributed by atoms with Crippen LogP contribution in [0.2, 0.25) is 0 Å². The van der Waals surface area contributed by atoms with Gasteiger partial charge < -0.3 is 15.2 Å². The van der Waals surface area contributed by atoms with Crippen LogP contribution in [-0.4, -0.2) is 54.8 Å². The monoisotopic (exact) mass is 533 g/mol. The highest BCUT2D eigenvalue weighted by atomic mass is 127. The molecule has 0 bridgehead atoms. The van der Waals surface area contributed by atoms with Gasteiger partial charge in [0.25, 0.3) is 0 Å². The third-order valence-corrected chi connectivity index (χ3v) is 5.65. The van der Waals surface area contributed by atoms with Crippen LogP contribution in [0.1, 0.15) is 56.7 Å². The van der Waals surface area contributed by atoms with Gasteiger partial charge in [-0.3, -0.25) is 4.68 Å². The van der Waals surface area contributed by atoms with Crippen molar-refractivity contribution in [3.8, 4) is 0 Å². The van der Waals surface area contributed by atoms with Gasteiger partial charge in [0.05, 0.1) is 0 Å². The number of rotatable bonds is 9. The van der Waals surface area contributed by atoms with Gasteiger partial charge in [0.1, 0.15) is 24.5 Å². The second-order valence-electron chi connectivity index (χ2n) is 6.94. The van der Waals surface area contributed by atoms with Gasteiger partial charge in [-0.2, -0.15) is 5.10 Å². The van der Waals surface area contributed by atoms with E-state index in [1.165, 1.54) is 25.7 Å². The van der Waals surface area contributed by atoms with Crippen molar-refractivity contribution in [3.05, 3.63) is 18.0 Å². The molecule has 0 amide bonds. The summed E-state index contributed by atoms with van der Waals surface area (Å²) in [7, 11) is 1.88. The maximum atomic E-state index is 4.59. The van der Waals surface area contributed by atoms with Gasteiger partial charge in [-0.05, 0) is 32.4 Å². The minimum Gasteiger partial charge on any atom is -0.357 e. The van der Waals surface area contributed by atoms with Gasteiger partial charge in [0, 0.05) is 32.6 Å². The predicted molar refractivity (Wildman–Crippen MR) is 127 cm³/mol. The SMILES string of the molecule is CCNC(=NCc1ncnn1C)NCCCc1nnc(SC)n1C1CCCC1.I. The van der Waals surface area contributed by atoms with Gasteiger partial charge >= 0.3 is 0 Å². The average Bonchev–Trinajstić information content (AvgIpc) is 3.43. The molecule has 1 aliphatic rings. The fourth-order valence-corrected chi connectivity index (χ4v) is 4.13. The van der Waals surface area contributed by atoms with Crippen LogP contribution >= 0.6 is 35.7 Å². The number of aliphatic imine (C=N–C) groups is 1. The summed E-state index contributed by atoms with van der Waals surface area (Å²) in [4.78, 5) is 8.80. The van der Waals surface area contributed by atoms with Crippen molar-refractivity contribution < 1.29 is 0 Å². The van der Waals surface area contributed by atoms with E-state index in [0.29, 0.717) is 12.6 Å². The van der Waals surface area contributed by atoms with E-state index < -0.39 is 0 Å². The Morgan fingerprint density at radius 3 is 2.69 bits per heavy atom. The molecule has 29 heavy (non-hydrogen) atoms. The maximum Gasteiger partial charge on any atom is 0.191 e. The molecule has 162 valence electrons. The molecule has 0 aliphatic heterocycles. The molecule has 0 saturated heterocycles. The Bertz CT molecular complexity index is 767. The zero-order valence-corrected chi connectivity index (χ0v) is 20.6. The van der Waals surface area contributed by atoms with Crippen molar-refractivity contribution in [1.29, 1.82) is 0 Å². The second kappa shape index (κ2) is 12.4. The van der Waals surface area contributed by atoms with E-state index in [9.17, 15) is 0 Å². The molecular formula is C18H32IN9S. The zero-order valence-electron chi connectivity index (χ0n) is 17.5. The van der Waals surface area contributed by atoms with E-state index in [4.69, 9.17) is 0 Å². The number of aryl methyl sites for hydroxylation is 2. The number of thioether (sulfide) groups is 1. The first-order valence-corrected chi connectivity index (χ1v) is 11.3. The quantitative estimate of drug-likeness (QED) is 0.168. The van der Waals surface area contributed by atoms with E-state index in [1.807, 2.05) is 7.05 Å². The number of aromatic nitrogens is 6. The van der Waals surface area contributed by atoms with E-state index in [1.54, 1.807) is 22.8 Å². The largest absolute Gasteiger partial charge is 0.357 e. The predicted octanol–water partition coefficient (Wildman–Crippen LogP) is 2.55. The van der Waals surface area contributed by atoms with Gasteiger partial charge in [0.15, 0.2) is 11.1 Å². The normalized spacial score (nSPS) is 14.8. The van der Waals surface area contributed by atoms with Crippen LogP contribution in [0.4, 0.5) is 0 Å². The average molecular weight is 533 g/mol. The molecule has 9 nitrogen and oxygen atoms in total. The molecule has 0 spiro atoms. The van der Waals surface area contributed by atoms with Crippen molar-refractivity contribution in [1.82, 2.24) is 40.2 Å². The molecule has 0 aromatic carbocycles. The fourth-order valence-electron chi connectivity index (χ4n) is 3.55. The number of hydrogen-bond donors (Lipinski definition) is 2. The molecule has 2 aromatic heterocycles. The molecule has 3 rings (SSSR count). The molecule has 0 atom stereocenters. The van der Waals surface area contributed by atoms with Crippen LogP contribution in [0, 0.1) is 0 Å². The Labute approximate surface area is 194 Å². The molecule has 1 fully saturated rings. The number of nitrogens with one attached hydrogen (secondary N) is 2. The minimum atomic E-state index is 0. The van der Waals surface area contributed by atoms with Gasteiger partial charge in [-0.15, -0.1) is 34.2 Å². The summed E-state index contributed by atoms with van der Waals surface area (Å²) >= 11 is 1.69. The smallest absolute Gasteiger partial charge is 0.191 e. The third-order valence-electron chi connectivity index (χ3n) is 5.01. The number of hydrogen-bond acceptors (Lipinski definition) is 6. The standard InChI is InChI=1S/C18H31N9S.HI/c1-4-19-17(21-12-16-22-13-23-26(16)2)20-11-7-10-15-24-25-18(28-3)27(15)14-8-5-6-9-14;/h13-14H,4-12H2,1-3H3,(H2,19,20,21);1H. The lowest BCUT2D eigenvalue weighted by Gasteiger charge is -2.16. The molecule has 2 aromatic rings. The first-order chi connectivity index (χ1) is 13.7. The number of halogens is 1. The Kier molecular flexibility index (Phi) is 10.2. The Hall–Kier alpha value is -1.37. The van der Waals surface area contributed by atoms with E-state index in [-0.39, 0.29) is 24.0 Å². The maximum absolute atomic E-state index is 4.59. The van der Waals surface area contributed by atoms with Crippen molar-refractivity contribution >= 4 is 41.7 Å². The van der Waals surface area contributed by atoms with Crippen molar-refractivity contribution in [2.75, 3.05) is 19.3 Å². The van der Waals surface area contributed by atoms with Crippen LogP contribution in [0.25, 0.3) is 0 Å². The first kappa shape index (κ1) is 23.9. The second-order valence-corrected chi connectivity index (χ2v) is 7.71. The Balaban J connectivity index is 0.00000300. The summed E-state index contributed by atoms with van der Waals surface area (Å²) < 4.78 is 4.12. The van der Waals surface area contributed by atoms with Crippen molar-refractivity contribution in [3.63, 3.8) is 0 Å². The number of guanidine groups is 1. The Morgan fingerprint density at radius 1 is 1.24 bits per heavy atom. The van der Waals surface area contributed by atoms with Crippen LogP contribution in [-0.2, 0) is 20.0 Å². The zero-order chi connectivity index (χ0) is 19.8. The lowest BCUT2D eigenvalue weighted by Crippen LogP contribution is -2.38. The van der Waals surface area contributed by atoms with E-state index in [0.717, 1.165) is 48.7 Å². The van der Waals surface area contributed by atoms with Crippen LogP contribution in [0.3, 0.4) is 0 Å². The van der Waals surface area contributed by atoms with Crippen LogP contribution in [0.15, 0.2) is 16.5 Å². The summed E-state index contributed by atoms with van der Waals surface area (Å²) in [6, 6.07) is 0.575. The van der Waals surface area contributed by atoms with Crippen molar-refractivity contribution in [2.45, 2.75) is 63.2 Å². The van der Waals surface area contributed by atoms with Crippen molar-refractivity contribution in [2.24, 2.45) is 12.0 Å². The highest BCUT2D eigenvalue weighted by molar-refractivity contribution is 14.0. The highest BCUT2D eigenvalue weighted by Crippen LogP contribution is 2.33. The molecular weight excluding hydrogens is 501 g/mol. The summed E-state index contributed by atoms with van der Waals surface area (Å²) in [5.74, 6) is 2.75. The summed E-state index contributed by atoms with van der Waals surface area (Å²) in [6.45, 7) is 4.21. The summed E-state index contributed by atoms with van der Waals surface area (Å²) in [5.41, 5.74) is 0. The topological polar surface area (TPSA) is 97.8 Å². The van der Waals surface area contributed by atoms with E-state index in [2.05, 4.69) is 53.7 Å². The molecule has 1 aliphatic carbocycles. The molecule has 11 heteroatoms. The molecule has 0 unspecified atom stereocenters. The lowest BCUT2D eigenvalue weighted by molar-refractivity contribution is 0.460. The minimum absolute atomic E-state index is 0. The van der Waals surface area contributed by atoms with Gasteiger partial charge in [-0.1, -0.05) is 24.6 Å². The van der Waals surface area contributed by atoms with Gasteiger partial charge in [0.2, 0.25) is 0 Å². The Morgan fingerprint density at radius 2 is 2.03 bits per heavy atom. The lowest BCUT2D eigenvalue weighted by atomic mass is 10.2. The van der Waals surface area contributed by atoms with E-state index >= 15 is 0 Å². The number of nitrogens with zero attached hydrogens (tertiary/aromatic N) is 7. The highest BCUT2D eigenvalue weighted by Gasteiger charge is 2.23. The first-order valence-electron chi connectivity index (χ1n) is 10.1. The van der Waals surface area contributed by atoms with Crippen LogP contribution < -0.4 is 10.6 Å². The summed E-state index contributed by atoms with van der Waals surface area (Å²) in [6.07, 6.45) is 10.6. The molecule has 1 saturated carbocycles. The summed E-state index contributed by atoms with van der Waals surface area (Å²) in [5, 5.41) is 20.7. The molecule has 2 N–H and O–H groups in total. The van der Waals surface area contributed by atoms with Gasteiger partial charge in [-0.25, -0.2) is 9.98 Å². The fraction of sp³-hybridized carbons (Fsp3) is 0.722. The third kappa shape index (κ3) is 6.56.